The highest BCUT2D eigenvalue weighted by Crippen LogP contribution is 2.20. The number of hydrogen-bond donors (Lipinski definition) is 2. The minimum absolute atomic E-state index is 0.00310. The topological polar surface area (TPSA) is 35.5 Å². The quantitative estimate of drug-likeness (QED) is 0.847. The smallest absolute Gasteiger partial charge is 0.178 e. The summed E-state index contributed by atoms with van der Waals surface area (Å²) in [6.45, 7) is 0.405. The summed E-state index contributed by atoms with van der Waals surface area (Å²) < 4.78 is 0. The largest absolute Gasteiger partial charge is 0.395 e. The second-order valence-electron chi connectivity index (χ2n) is 4.15. The van der Waals surface area contributed by atoms with E-state index in [-0.39, 0.29) is 6.61 Å². The maximum Gasteiger partial charge on any atom is 0.178 e. The minimum Gasteiger partial charge on any atom is -0.395 e. The van der Waals surface area contributed by atoms with Crippen LogP contribution in [0.3, 0.4) is 0 Å². The first kappa shape index (κ1) is 14.8. The van der Waals surface area contributed by atoms with Crippen molar-refractivity contribution in [3.05, 3.63) is 59.6 Å². The third kappa shape index (κ3) is 3.93. The number of anilines is 2. The first-order valence-electron chi connectivity index (χ1n) is 6.20. The van der Waals surface area contributed by atoms with Gasteiger partial charge in [-0.05, 0) is 42.5 Å². The van der Waals surface area contributed by atoms with Crippen LogP contribution >= 0.6 is 23.8 Å². The summed E-state index contributed by atoms with van der Waals surface area (Å²) in [5.41, 5.74) is 1.75. The van der Waals surface area contributed by atoms with Crippen LogP contribution in [0.2, 0.25) is 5.02 Å². The first-order valence-corrected chi connectivity index (χ1v) is 6.99. The van der Waals surface area contributed by atoms with Crippen molar-refractivity contribution in [1.29, 1.82) is 0 Å². The van der Waals surface area contributed by atoms with Gasteiger partial charge in [0.05, 0.1) is 6.61 Å². The molecular formula is C15H15ClN2OS. The standard InChI is InChI=1S/C15H15ClN2OS/c16-12-5-4-8-14(11-12)18(9-10-19)15(20)17-13-6-2-1-3-7-13/h1-8,11,19H,9-10H2,(H,17,20). The van der Waals surface area contributed by atoms with Gasteiger partial charge >= 0.3 is 0 Å². The summed E-state index contributed by atoms with van der Waals surface area (Å²) in [6, 6.07) is 17.0. The lowest BCUT2D eigenvalue weighted by Gasteiger charge is -2.25. The van der Waals surface area contributed by atoms with Crippen molar-refractivity contribution in [2.75, 3.05) is 23.4 Å². The number of rotatable bonds is 4. The number of benzene rings is 2. The summed E-state index contributed by atoms with van der Waals surface area (Å²) in [4.78, 5) is 1.81. The third-order valence-electron chi connectivity index (χ3n) is 2.71. The van der Waals surface area contributed by atoms with E-state index in [4.69, 9.17) is 23.8 Å². The zero-order valence-corrected chi connectivity index (χ0v) is 12.4. The Morgan fingerprint density at radius 2 is 1.90 bits per heavy atom. The number of nitrogens with zero attached hydrogens (tertiary/aromatic N) is 1. The van der Waals surface area contributed by atoms with Crippen LogP contribution < -0.4 is 10.2 Å². The Morgan fingerprint density at radius 3 is 2.55 bits per heavy atom. The molecule has 2 aromatic carbocycles. The molecule has 0 heterocycles. The number of aliphatic hydroxyl groups excluding tert-OH is 1. The van der Waals surface area contributed by atoms with E-state index >= 15 is 0 Å². The van der Waals surface area contributed by atoms with Gasteiger partial charge < -0.3 is 15.3 Å². The molecule has 0 fully saturated rings. The summed E-state index contributed by atoms with van der Waals surface area (Å²) in [7, 11) is 0. The van der Waals surface area contributed by atoms with E-state index in [0.717, 1.165) is 11.4 Å². The SMILES string of the molecule is OCCN(C(=S)Nc1ccccc1)c1cccc(Cl)c1. The van der Waals surface area contributed by atoms with Crippen LogP contribution in [0.25, 0.3) is 0 Å². The van der Waals surface area contributed by atoms with Crippen molar-refractivity contribution in [2.45, 2.75) is 0 Å². The summed E-state index contributed by atoms with van der Waals surface area (Å²) >= 11 is 11.4. The van der Waals surface area contributed by atoms with Crippen LogP contribution in [0.5, 0.6) is 0 Å². The summed E-state index contributed by atoms with van der Waals surface area (Å²) in [6.07, 6.45) is 0. The molecule has 104 valence electrons. The summed E-state index contributed by atoms with van der Waals surface area (Å²) in [5.74, 6) is 0. The fraction of sp³-hybridized carbons (Fsp3) is 0.133. The Labute approximate surface area is 128 Å². The molecule has 0 aliphatic heterocycles. The number of aliphatic hydroxyl groups is 1. The van der Waals surface area contributed by atoms with Gasteiger partial charge in [0.15, 0.2) is 5.11 Å². The molecule has 0 atom stereocenters. The molecule has 0 saturated carbocycles. The van der Waals surface area contributed by atoms with E-state index in [1.165, 1.54) is 0 Å². The Hall–Kier alpha value is -1.62. The third-order valence-corrected chi connectivity index (χ3v) is 3.27. The molecule has 0 spiro atoms. The Kier molecular flexibility index (Phi) is 5.35. The molecule has 2 rings (SSSR count). The van der Waals surface area contributed by atoms with Gasteiger partial charge in [-0.2, -0.15) is 0 Å². The predicted molar refractivity (Wildman–Crippen MR) is 88.5 cm³/mol. The number of thiocarbonyl (C=S) groups is 1. The van der Waals surface area contributed by atoms with Crippen molar-refractivity contribution >= 4 is 40.3 Å². The molecule has 0 unspecified atom stereocenters. The van der Waals surface area contributed by atoms with Crippen LogP contribution in [0, 0.1) is 0 Å². The lowest BCUT2D eigenvalue weighted by molar-refractivity contribution is 0.306. The number of nitrogens with one attached hydrogen (secondary N) is 1. The molecule has 0 radical (unpaired) electrons. The molecule has 0 aliphatic carbocycles. The minimum atomic E-state index is 0.00310. The fourth-order valence-electron chi connectivity index (χ4n) is 1.80. The molecule has 0 bridgehead atoms. The molecule has 0 aliphatic rings. The molecule has 2 N–H and O–H groups in total. The van der Waals surface area contributed by atoms with Gasteiger partial charge in [0.2, 0.25) is 0 Å². The zero-order valence-electron chi connectivity index (χ0n) is 10.8. The van der Waals surface area contributed by atoms with Crippen molar-refractivity contribution in [3.8, 4) is 0 Å². The summed E-state index contributed by atoms with van der Waals surface area (Å²) in [5, 5.41) is 13.5. The molecular weight excluding hydrogens is 292 g/mol. The van der Waals surface area contributed by atoms with Gasteiger partial charge in [-0.3, -0.25) is 0 Å². The average Bonchev–Trinajstić information content (AvgIpc) is 2.45. The Balaban J connectivity index is 2.18. The highest BCUT2D eigenvalue weighted by atomic mass is 35.5. The van der Waals surface area contributed by atoms with Crippen LogP contribution in [-0.2, 0) is 0 Å². The Bertz CT molecular complexity index is 577. The normalized spacial score (nSPS) is 10.1. The number of hydrogen-bond acceptors (Lipinski definition) is 2. The molecule has 20 heavy (non-hydrogen) atoms. The lowest BCUT2D eigenvalue weighted by Crippen LogP contribution is -2.36. The lowest BCUT2D eigenvalue weighted by atomic mass is 10.3. The van der Waals surface area contributed by atoms with E-state index in [1.54, 1.807) is 6.07 Å². The second kappa shape index (κ2) is 7.24. The molecule has 0 aromatic heterocycles. The molecule has 3 nitrogen and oxygen atoms in total. The van der Waals surface area contributed by atoms with Crippen LogP contribution in [0.15, 0.2) is 54.6 Å². The van der Waals surface area contributed by atoms with Crippen LogP contribution in [0.1, 0.15) is 0 Å². The van der Waals surface area contributed by atoms with Crippen molar-refractivity contribution < 1.29 is 5.11 Å². The molecule has 5 heteroatoms. The zero-order chi connectivity index (χ0) is 14.4. The van der Waals surface area contributed by atoms with E-state index in [2.05, 4.69) is 5.32 Å². The van der Waals surface area contributed by atoms with E-state index in [0.29, 0.717) is 16.7 Å². The van der Waals surface area contributed by atoms with Crippen molar-refractivity contribution in [1.82, 2.24) is 0 Å². The van der Waals surface area contributed by atoms with E-state index < -0.39 is 0 Å². The Morgan fingerprint density at radius 1 is 1.15 bits per heavy atom. The number of halogens is 1. The highest BCUT2D eigenvalue weighted by Gasteiger charge is 2.12. The van der Waals surface area contributed by atoms with Gasteiger partial charge in [0.25, 0.3) is 0 Å². The van der Waals surface area contributed by atoms with Gasteiger partial charge in [-0.25, -0.2) is 0 Å². The van der Waals surface area contributed by atoms with Crippen LogP contribution in [-0.4, -0.2) is 23.4 Å². The second-order valence-corrected chi connectivity index (χ2v) is 4.97. The van der Waals surface area contributed by atoms with Crippen molar-refractivity contribution in [2.24, 2.45) is 0 Å². The van der Waals surface area contributed by atoms with E-state index in [1.807, 2.05) is 53.4 Å². The highest BCUT2D eigenvalue weighted by molar-refractivity contribution is 7.80. The van der Waals surface area contributed by atoms with Gasteiger partial charge in [0, 0.05) is 22.9 Å². The first-order chi connectivity index (χ1) is 9.70. The monoisotopic (exact) mass is 306 g/mol. The maximum atomic E-state index is 9.22. The molecule has 0 saturated heterocycles. The van der Waals surface area contributed by atoms with Gasteiger partial charge in [-0.15, -0.1) is 0 Å². The van der Waals surface area contributed by atoms with Gasteiger partial charge in [-0.1, -0.05) is 35.9 Å². The van der Waals surface area contributed by atoms with Gasteiger partial charge in [0.1, 0.15) is 0 Å². The van der Waals surface area contributed by atoms with Crippen LogP contribution in [0.4, 0.5) is 11.4 Å². The molecule has 0 amide bonds. The predicted octanol–water partition coefficient (Wildman–Crippen LogP) is 3.54. The number of para-hydroxylation sites is 1. The fourth-order valence-corrected chi connectivity index (χ4v) is 2.30. The average molecular weight is 307 g/mol. The molecule has 2 aromatic rings. The maximum absolute atomic E-state index is 9.22. The van der Waals surface area contributed by atoms with E-state index in [9.17, 15) is 5.11 Å². The van der Waals surface area contributed by atoms with Crippen molar-refractivity contribution in [3.63, 3.8) is 0 Å².